The Balaban J connectivity index is 2.30. The molecule has 0 aromatic heterocycles. The van der Waals surface area contributed by atoms with Crippen molar-refractivity contribution in [1.29, 1.82) is 0 Å². The second kappa shape index (κ2) is 4.98. The van der Waals surface area contributed by atoms with Crippen LogP contribution in [0.4, 0.5) is 0 Å². The van der Waals surface area contributed by atoms with E-state index in [0.717, 1.165) is 22.3 Å². The first-order valence-electron chi connectivity index (χ1n) is 6.92. The van der Waals surface area contributed by atoms with Crippen molar-refractivity contribution in [2.45, 2.75) is 19.8 Å². The van der Waals surface area contributed by atoms with Gasteiger partial charge in [0.25, 0.3) is 0 Å². The zero-order chi connectivity index (χ0) is 14.1. The molecule has 0 aliphatic heterocycles. The van der Waals surface area contributed by atoms with Crippen LogP contribution >= 0.6 is 0 Å². The highest BCUT2D eigenvalue weighted by atomic mass is 16.1. The third kappa shape index (κ3) is 2.04. The predicted molar refractivity (Wildman–Crippen MR) is 80.8 cm³/mol. The summed E-state index contributed by atoms with van der Waals surface area (Å²) in [5, 5.41) is 0. The summed E-state index contributed by atoms with van der Waals surface area (Å²) in [6, 6.07) is 15.6. The molecule has 0 bridgehead atoms. The highest BCUT2D eigenvalue weighted by Gasteiger charge is 2.29. The van der Waals surface area contributed by atoms with Crippen molar-refractivity contribution in [3.05, 3.63) is 70.8 Å². The van der Waals surface area contributed by atoms with Crippen molar-refractivity contribution in [3.8, 4) is 11.8 Å². The largest absolute Gasteiger partial charge is 0.293 e. The van der Waals surface area contributed by atoms with Crippen molar-refractivity contribution < 1.29 is 4.79 Å². The van der Waals surface area contributed by atoms with E-state index in [4.69, 9.17) is 0 Å². The molecule has 2 aromatic rings. The number of carbonyl (C=O) groups is 1. The maximum Gasteiger partial charge on any atom is 0.171 e. The summed E-state index contributed by atoms with van der Waals surface area (Å²) in [4.78, 5) is 12.9. The number of rotatable bonds is 1. The summed E-state index contributed by atoms with van der Waals surface area (Å²) in [5.41, 5.74) is 3.59. The molecule has 1 atom stereocenters. The summed E-state index contributed by atoms with van der Waals surface area (Å²) in [6.45, 7) is 4.19. The smallest absolute Gasteiger partial charge is 0.171 e. The Labute approximate surface area is 119 Å². The van der Waals surface area contributed by atoms with E-state index in [-0.39, 0.29) is 17.6 Å². The molecule has 0 fully saturated rings. The lowest BCUT2D eigenvalue weighted by Gasteiger charge is -2.23. The normalized spacial score (nSPS) is 16.6. The van der Waals surface area contributed by atoms with Crippen LogP contribution in [0.1, 0.15) is 46.8 Å². The van der Waals surface area contributed by atoms with Crippen molar-refractivity contribution in [2.75, 3.05) is 0 Å². The minimum Gasteiger partial charge on any atom is -0.293 e. The highest BCUT2D eigenvalue weighted by molar-refractivity contribution is 6.03. The SMILES string of the molecule is CC(C)C1C(=O)c2ccccc2C#Cc2ccccc21. The molecule has 0 heterocycles. The van der Waals surface area contributed by atoms with Gasteiger partial charge in [-0.05, 0) is 23.6 Å². The van der Waals surface area contributed by atoms with Gasteiger partial charge >= 0.3 is 0 Å². The summed E-state index contributed by atoms with van der Waals surface area (Å²) in [6.07, 6.45) is 0. The first-order valence-corrected chi connectivity index (χ1v) is 6.92. The third-order valence-corrected chi connectivity index (χ3v) is 3.77. The molecule has 1 nitrogen and oxygen atoms in total. The van der Waals surface area contributed by atoms with E-state index >= 15 is 0 Å². The molecule has 0 N–H and O–H groups in total. The van der Waals surface area contributed by atoms with E-state index in [1.54, 1.807) is 0 Å². The molecule has 0 spiro atoms. The summed E-state index contributed by atoms with van der Waals surface area (Å²) >= 11 is 0. The molecule has 0 amide bonds. The second-order valence-electron chi connectivity index (χ2n) is 5.47. The molecule has 0 saturated heterocycles. The van der Waals surface area contributed by atoms with Gasteiger partial charge in [-0.3, -0.25) is 4.79 Å². The van der Waals surface area contributed by atoms with Gasteiger partial charge in [-0.15, -0.1) is 0 Å². The van der Waals surface area contributed by atoms with Crippen LogP contribution < -0.4 is 0 Å². The Hall–Kier alpha value is -2.33. The van der Waals surface area contributed by atoms with Gasteiger partial charge < -0.3 is 0 Å². The Kier molecular flexibility index (Phi) is 3.16. The van der Waals surface area contributed by atoms with Crippen LogP contribution in [0.3, 0.4) is 0 Å². The molecule has 1 aliphatic carbocycles. The van der Waals surface area contributed by atoms with E-state index in [2.05, 4.69) is 25.7 Å². The average molecular weight is 260 g/mol. The fourth-order valence-electron chi connectivity index (χ4n) is 2.79. The number of carbonyl (C=O) groups excluding carboxylic acids is 1. The topological polar surface area (TPSA) is 17.1 Å². The molecule has 2 aromatic carbocycles. The van der Waals surface area contributed by atoms with Gasteiger partial charge in [0.05, 0.1) is 5.92 Å². The molecule has 0 radical (unpaired) electrons. The molecular weight excluding hydrogens is 244 g/mol. The van der Waals surface area contributed by atoms with Crippen LogP contribution in [-0.4, -0.2) is 5.78 Å². The lowest BCUT2D eigenvalue weighted by atomic mass is 9.78. The zero-order valence-electron chi connectivity index (χ0n) is 11.7. The fraction of sp³-hybridized carbons (Fsp3) is 0.211. The van der Waals surface area contributed by atoms with E-state index < -0.39 is 0 Å². The van der Waals surface area contributed by atoms with Gasteiger partial charge in [-0.2, -0.15) is 0 Å². The van der Waals surface area contributed by atoms with Crippen LogP contribution in [0.5, 0.6) is 0 Å². The molecule has 0 saturated carbocycles. The fourth-order valence-corrected chi connectivity index (χ4v) is 2.79. The van der Waals surface area contributed by atoms with Crippen LogP contribution in [0.15, 0.2) is 48.5 Å². The molecule has 98 valence electrons. The maximum absolute atomic E-state index is 12.9. The lowest BCUT2D eigenvalue weighted by Crippen LogP contribution is -2.21. The molecule has 1 heteroatoms. The van der Waals surface area contributed by atoms with E-state index in [1.807, 2.05) is 48.5 Å². The van der Waals surface area contributed by atoms with Crippen LogP contribution in [0.25, 0.3) is 0 Å². The van der Waals surface area contributed by atoms with Crippen molar-refractivity contribution in [1.82, 2.24) is 0 Å². The van der Waals surface area contributed by atoms with E-state index in [0.29, 0.717) is 0 Å². The van der Waals surface area contributed by atoms with Crippen LogP contribution in [0.2, 0.25) is 0 Å². The second-order valence-corrected chi connectivity index (χ2v) is 5.47. The minimum atomic E-state index is -0.123. The Morgan fingerprint density at radius 1 is 0.900 bits per heavy atom. The van der Waals surface area contributed by atoms with E-state index in [9.17, 15) is 4.79 Å². The predicted octanol–water partition coefficient (Wildman–Crippen LogP) is 4.02. The lowest BCUT2D eigenvalue weighted by molar-refractivity contribution is 0.0937. The molecular formula is C19H16O. The van der Waals surface area contributed by atoms with Gasteiger partial charge in [0, 0.05) is 16.7 Å². The standard InChI is InChI=1S/C19H16O/c1-13(2)18-16-9-5-3-7-14(16)11-12-15-8-4-6-10-17(15)19(18)20/h3-10,13,18H,1-2H3. The van der Waals surface area contributed by atoms with Crippen LogP contribution in [-0.2, 0) is 0 Å². The minimum absolute atomic E-state index is 0.123. The number of benzene rings is 2. The summed E-state index contributed by atoms with van der Waals surface area (Å²) in [7, 11) is 0. The summed E-state index contributed by atoms with van der Waals surface area (Å²) < 4.78 is 0. The molecule has 1 unspecified atom stereocenters. The average Bonchev–Trinajstić information content (AvgIpc) is 2.45. The monoisotopic (exact) mass is 260 g/mol. The van der Waals surface area contributed by atoms with Gasteiger partial charge in [0.1, 0.15) is 0 Å². The van der Waals surface area contributed by atoms with Gasteiger partial charge in [-0.1, -0.05) is 62.1 Å². The molecule has 20 heavy (non-hydrogen) atoms. The number of Topliss-reactive ketones (excluding diaryl/α,β-unsaturated/α-hetero) is 1. The number of hydrogen-bond donors (Lipinski definition) is 0. The van der Waals surface area contributed by atoms with Crippen molar-refractivity contribution >= 4 is 5.78 Å². The first-order chi connectivity index (χ1) is 9.68. The van der Waals surface area contributed by atoms with Crippen molar-refractivity contribution in [2.24, 2.45) is 5.92 Å². The zero-order valence-corrected chi connectivity index (χ0v) is 11.7. The third-order valence-electron chi connectivity index (χ3n) is 3.77. The highest BCUT2D eigenvalue weighted by Crippen LogP contribution is 2.32. The Morgan fingerprint density at radius 2 is 1.50 bits per heavy atom. The van der Waals surface area contributed by atoms with Gasteiger partial charge in [-0.25, -0.2) is 0 Å². The van der Waals surface area contributed by atoms with E-state index in [1.165, 1.54) is 0 Å². The number of hydrogen-bond acceptors (Lipinski definition) is 1. The Morgan fingerprint density at radius 3 is 2.25 bits per heavy atom. The summed E-state index contributed by atoms with van der Waals surface area (Å²) in [5.74, 6) is 6.67. The molecule has 1 aliphatic rings. The molecule has 3 rings (SSSR count). The maximum atomic E-state index is 12.9. The van der Waals surface area contributed by atoms with Crippen LogP contribution in [0, 0.1) is 17.8 Å². The van der Waals surface area contributed by atoms with Gasteiger partial charge in [0.15, 0.2) is 5.78 Å². The number of ketones is 1. The first kappa shape index (κ1) is 12.7. The quantitative estimate of drug-likeness (QED) is 0.708. The van der Waals surface area contributed by atoms with Gasteiger partial charge in [0.2, 0.25) is 0 Å². The van der Waals surface area contributed by atoms with Crippen molar-refractivity contribution in [3.63, 3.8) is 0 Å². The number of fused-ring (bicyclic) bond motifs is 2. The Bertz CT molecular complexity index is 729.